The van der Waals surface area contributed by atoms with Crippen molar-refractivity contribution in [2.24, 2.45) is 0 Å². The number of fused-ring (bicyclic) bond motifs is 6. The highest BCUT2D eigenvalue weighted by molar-refractivity contribution is 7.39. The lowest BCUT2D eigenvalue weighted by Gasteiger charge is -2.15. The second-order valence-corrected chi connectivity index (χ2v) is 6.46. The summed E-state index contributed by atoms with van der Waals surface area (Å²) >= 11 is 0. The molecule has 0 amide bonds. The first-order valence-electron chi connectivity index (χ1n) is 7.49. The third-order valence-corrected chi connectivity index (χ3v) is 4.59. The van der Waals surface area contributed by atoms with E-state index in [-0.39, 0.29) is 5.75 Å². The maximum absolute atomic E-state index is 10.6. The van der Waals surface area contributed by atoms with Crippen LogP contribution in [-0.2, 0) is 0 Å². The van der Waals surface area contributed by atoms with E-state index in [0.29, 0.717) is 16.5 Å². The summed E-state index contributed by atoms with van der Waals surface area (Å²) in [6, 6.07) is 17.1. The molecular formula is C19H15O4P. The molecule has 3 N–H and O–H groups in total. The van der Waals surface area contributed by atoms with Gasteiger partial charge in [0.1, 0.15) is 11.5 Å². The lowest BCUT2D eigenvalue weighted by Crippen LogP contribution is -1.90. The number of benzene rings is 4. The summed E-state index contributed by atoms with van der Waals surface area (Å²) in [5.41, 5.74) is 0.953. The van der Waals surface area contributed by atoms with Crippen molar-refractivity contribution >= 4 is 40.9 Å². The van der Waals surface area contributed by atoms with Gasteiger partial charge in [0.25, 0.3) is 0 Å². The Morgan fingerprint density at radius 1 is 0.792 bits per heavy atom. The molecule has 0 atom stereocenters. The van der Waals surface area contributed by atoms with Crippen LogP contribution in [0.1, 0.15) is 5.56 Å². The molecule has 0 saturated carbocycles. The van der Waals surface area contributed by atoms with Gasteiger partial charge in [-0.2, -0.15) is 0 Å². The van der Waals surface area contributed by atoms with Gasteiger partial charge in [-0.05, 0) is 46.2 Å². The fourth-order valence-corrected chi connectivity index (χ4v) is 3.70. The van der Waals surface area contributed by atoms with Crippen molar-refractivity contribution in [3.63, 3.8) is 0 Å². The van der Waals surface area contributed by atoms with Crippen LogP contribution in [0.3, 0.4) is 0 Å². The largest absolute Gasteiger partial charge is 0.507 e. The van der Waals surface area contributed by atoms with Crippen molar-refractivity contribution in [2.75, 3.05) is 0 Å². The van der Waals surface area contributed by atoms with Crippen molar-refractivity contribution in [3.8, 4) is 11.5 Å². The first-order chi connectivity index (χ1) is 11.6. The molecule has 0 radical (unpaired) electrons. The number of phenolic OH excluding ortho intramolecular Hbond substituents is 1. The van der Waals surface area contributed by atoms with Gasteiger partial charge in [-0.25, -0.2) is 0 Å². The molecule has 0 saturated heterocycles. The Kier molecular flexibility index (Phi) is 3.54. The van der Waals surface area contributed by atoms with Crippen LogP contribution in [0.25, 0.3) is 32.3 Å². The average Bonchev–Trinajstić information content (AvgIpc) is 2.54. The van der Waals surface area contributed by atoms with E-state index in [4.69, 9.17) is 4.52 Å². The first-order valence-corrected chi connectivity index (χ1v) is 8.65. The molecule has 0 heterocycles. The highest BCUT2D eigenvalue weighted by atomic mass is 31.2. The third-order valence-electron chi connectivity index (χ3n) is 4.23. The molecule has 0 aliphatic heterocycles. The molecule has 0 aliphatic rings. The Balaban J connectivity index is 2.32. The maximum atomic E-state index is 10.6. The molecule has 120 valence electrons. The Morgan fingerprint density at radius 3 is 2.17 bits per heavy atom. The number of hydrogen-bond donors (Lipinski definition) is 3. The van der Waals surface area contributed by atoms with Gasteiger partial charge in [0.2, 0.25) is 0 Å². The summed E-state index contributed by atoms with van der Waals surface area (Å²) in [4.78, 5) is 18.6. The summed E-state index contributed by atoms with van der Waals surface area (Å²) < 4.78 is 5.23. The normalized spacial score (nSPS) is 11.7. The van der Waals surface area contributed by atoms with E-state index >= 15 is 0 Å². The van der Waals surface area contributed by atoms with E-state index in [0.717, 1.165) is 27.1 Å². The van der Waals surface area contributed by atoms with Crippen LogP contribution in [0.5, 0.6) is 11.5 Å². The summed E-state index contributed by atoms with van der Waals surface area (Å²) in [5, 5.41) is 15.8. The number of aromatic hydroxyl groups is 1. The first kappa shape index (κ1) is 15.2. The van der Waals surface area contributed by atoms with Gasteiger partial charge in [-0.3, -0.25) is 0 Å². The van der Waals surface area contributed by atoms with Crippen LogP contribution in [0.4, 0.5) is 0 Å². The van der Waals surface area contributed by atoms with Gasteiger partial charge in [0.15, 0.2) is 0 Å². The second kappa shape index (κ2) is 5.60. The fourth-order valence-electron chi connectivity index (χ4n) is 3.37. The maximum Gasteiger partial charge on any atom is 0.391 e. The van der Waals surface area contributed by atoms with Gasteiger partial charge in [-0.1, -0.05) is 42.5 Å². The Morgan fingerprint density at radius 2 is 1.46 bits per heavy atom. The quantitative estimate of drug-likeness (QED) is 0.364. The van der Waals surface area contributed by atoms with Gasteiger partial charge < -0.3 is 19.4 Å². The summed E-state index contributed by atoms with van der Waals surface area (Å²) in [6.45, 7) is 1.93. The van der Waals surface area contributed by atoms with Crippen molar-refractivity contribution in [1.29, 1.82) is 0 Å². The van der Waals surface area contributed by atoms with E-state index < -0.39 is 8.60 Å². The van der Waals surface area contributed by atoms with Crippen molar-refractivity contribution in [2.45, 2.75) is 6.92 Å². The topological polar surface area (TPSA) is 69.9 Å². The number of aryl methyl sites for hydroxylation is 1. The van der Waals surface area contributed by atoms with Crippen molar-refractivity contribution in [1.82, 2.24) is 0 Å². The molecule has 4 aromatic carbocycles. The molecule has 0 aromatic heterocycles. The number of rotatable bonds is 2. The average molecular weight is 338 g/mol. The third kappa shape index (κ3) is 2.28. The predicted octanol–water partition coefficient (Wildman–Crippen LogP) is 4.75. The van der Waals surface area contributed by atoms with Crippen LogP contribution in [0.15, 0.2) is 54.6 Å². The van der Waals surface area contributed by atoms with Crippen LogP contribution >= 0.6 is 8.60 Å². The van der Waals surface area contributed by atoms with E-state index in [1.54, 1.807) is 18.2 Å². The van der Waals surface area contributed by atoms with E-state index in [9.17, 15) is 14.9 Å². The molecule has 5 heteroatoms. The van der Waals surface area contributed by atoms with E-state index in [2.05, 4.69) is 0 Å². The molecule has 0 spiro atoms. The van der Waals surface area contributed by atoms with Gasteiger partial charge in [0, 0.05) is 10.8 Å². The minimum Gasteiger partial charge on any atom is -0.507 e. The predicted molar refractivity (Wildman–Crippen MR) is 97.3 cm³/mol. The molecule has 0 unspecified atom stereocenters. The molecule has 4 nitrogen and oxygen atoms in total. The Hall–Kier alpha value is -2.39. The van der Waals surface area contributed by atoms with Crippen LogP contribution in [-0.4, -0.2) is 14.9 Å². The zero-order chi connectivity index (χ0) is 16.8. The Bertz CT molecular complexity index is 1090. The monoisotopic (exact) mass is 338 g/mol. The standard InChI is InChI=1S/C19H15O4P/c1-11-9-15-13-6-3-2-5-12(13)14-7-4-8-17(23-24(21)22)19(14)18(15)16(20)10-11/h2-10,20-22H,1H3. The molecule has 4 rings (SSSR count). The second-order valence-electron chi connectivity index (χ2n) is 5.77. The van der Waals surface area contributed by atoms with Crippen LogP contribution in [0.2, 0.25) is 0 Å². The highest BCUT2D eigenvalue weighted by Crippen LogP contribution is 2.45. The van der Waals surface area contributed by atoms with E-state index in [1.165, 1.54) is 0 Å². The summed E-state index contributed by atoms with van der Waals surface area (Å²) in [5.74, 6) is 0.496. The highest BCUT2D eigenvalue weighted by Gasteiger charge is 2.17. The van der Waals surface area contributed by atoms with Gasteiger partial charge in [-0.15, -0.1) is 0 Å². The smallest absolute Gasteiger partial charge is 0.391 e. The summed E-state index contributed by atoms with van der Waals surface area (Å²) in [6.07, 6.45) is 0. The molecule has 4 aromatic rings. The minimum atomic E-state index is -2.55. The van der Waals surface area contributed by atoms with Gasteiger partial charge in [0.05, 0.1) is 0 Å². The van der Waals surface area contributed by atoms with E-state index in [1.807, 2.05) is 43.3 Å². The van der Waals surface area contributed by atoms with Crippen LogP contribution < -0.4 is 4.52 Å². The summed E-state index contributed by atoms with van der Waals surface area (Å²) in [7, 11) is -2.55. The lowest BCUT2D eigenvalue weighted by molar-refractivity contribution is 0.377. The van der Waals surface area contributed by atoms with Crippen molar-refractivity contribution in [3.05, 3.63) is 60.2 Å². The van der Waals surface area contributed by atoms with Gasteiger partial charge >= 0.3 is 8.60 Å². The molecule has 0 aliphatic carbocycles. The number of phenols is 1. The minimum absolute atomic E-state index is 0.150. The lowest BCUT2D eigenvalue weighted by atomic mass is 9.92. The SMILES string of the molecule is Cc1cc(O)c2c(c1)c1ccccc1c1cccc(OP(O)O)c12. The molecular weight excluding hydrogens is 323 g/mol. The number of hydrogen-bond acceptors (Lipinski definition) is 4. The fraction of sp³-hybridized carbons (Fsp3) is 0.0526. The zero-order valence-corrected chi connectivity index (χ0v) is 13.8. The zero-order valence-electron chi connectivity index (χ0n) is 12.9. The molecule has 0 bridgehead atoms. The Labute approximate surface area is 139 Å². The molecule has 24 heavy (non-hydrogen) atoms. The van der Waals surface area contributed by atoms with Crippen LogP contribution in [0, 0.1) is 6.92 Å². The molecule has 0 fully saturated rings. The van der Waals surface area contributed by atoms with Crippen molar-refractivity contribution < 1.29 is 19.4 Å².